The number of benzene rings is 1. The molecule has 0 aliphatic rings. The van der Waals surface area contributed by atoms with Crippen LogP contribution < -0.4 is 0 Å². The Bertz CT molecular complexity index is 502. The first-order valence-electron chi connectivity index (χ1n) is 5.61. The van der Waals surface area contributed by atoms with Crippen LogP contribution in [0.1, 0.15) is 12.0 Å². The zero-order valence-electron chi connectivity index (χ0n) is 10.8. The minimum Gasteiger partial charge on any atom is -0.385 e. The molecule has 0 aromatic heterocycles. The fourth-order valence-corrected chi connectivity index (χ4v) is 3.89. The summed E-state index contributed by atoms with van der Waals surface area (Å²) in [4.78, 5) is 0.299. The van der Waals surface area contributed by atoms with Crippen LogP contribution in [0.3, 0.4) is 0 Å². The minimum absolute atomic E-state index is 0.299. The first-order valence-corrected chi connectivity index (χ1v) is 7.84. The second-order valence-corrected chi connectivity index (χ2v) is 6.97. The summed E-state index contributed by atoms with van der Waals surface area (Å²) >= 11 is 3.30. The summed E-state index contributed by atoms with van der Waals surface area (Å²) in [5.74, 6) is 0. The van der Waals surface area contributed by atoms with Crippen molar-refractivity contribution in [2.75, 3.05) is 27.3 Å². The molecule has 0 heterocycles. The molecule has 102 valence electrons. The van der Waals surface area contributed by atoms with Gasteiger partial charge in [0.2, 0.25) is 10.0 Å². The Kier molecular flexibility index (Phi) is 5.78. The molecule has 1 aromatic rings. The molecular formula is C12H18BrNO3S. The van der Waals surface area contributed by atoms with E-state index < -0.39 is 10.0 Å². The van der Waals surface area contributed by atoms with Gasteiger partial charge in [0.1, 0.15) is 0 Å². The number of hydrogen-bond acceptors (Lipinski definition) is 3. The molecule has 0 fully saturated rings. The molecule has 4 nitrogen and oxygen atoms in total. The largest absolute Gasteiger partial charge is 0.385 e. The van der Waals surface area contributed by atoms with E-state index >= 15 is 0 Å². The predicted octanol–water partition coefficient (Wildman–Crippen LogP) is 2.41. The fourth-order valence-electron chi connectivity index (χ4n) is 1.53. The molecule has 0 radical (unpaired) electrons. The number of aryl methyl sites for hydroxylation is 1. The molecule has 1 aromatic carbocycles. The molecule has 0 aliphatic carbocycles. The average Bonchev–Trinajstić information content (AvgIpc) is 2.28. The van der Waals surface area contributed by atoms with Crippen LogP contribution in [0.5, 0.6) is 0 Å². The summed E-state index contributed by atoms with van der Waals surface area (Å²) in [7, 11) is -0.253. The van der Waals surface area contributed by atoms with E-state index in [1.165, 1.54) is 4.31 Å². The lowest BCUT2D eigenvalue weighted by Crippen LogP contribution is -2.28. The molecule has 0 spiro atoms. The van der Waals surface area contributed by atoms with Gasteiger partial charge in [-0.25, -0.2) is 12.7 Å². The Balaban J connectivity index is 2.91. The van der Waals surface area contributed by atoms with Gasteiger partial charge in [-0.15, -0.1) is 0 Å². The highest BCUT2D eigenvalue weighted by Crippen LogP contribution is 2.25. The van der Waals surface area contributed by atoms with Crippen molar-refractivity contribution in [2.45, 2.75) is 18.2 Å². The van der Waals surface area contributed by atoms with Crippen LogP contribution >= 0.6 is 15.9 Å². The standard InChI is InChI=1S/C12H18BrNO3S/c1-10-5-6-12(11(13)9-10)18(15,16)14(2)7-4-8-17-3/h5-6,9H,4,7-8H2,1-3H3. The van der Waals surface area contributed by atoms with Crippen molar-refractivity contribution in [3.63, 3.8) is 0 Å². The molecule has 18 heavy (non-hydrogen) atoms. The first kappa shape index (κ1) is 15.6. The molecule has 1 rings (SSSR count). The van der Waals surface area contributed by atoms with E-state index in [9.17, 15) is 8.42 Å². The number of methoxy groups -OCH3 is 1. The van der Waals surface area contributed by atoms with E-state index in [0.717, 1.165) is 5.56 Å². The number of nitrogens with zero attached hydrogens (tertiary/aromatic N) is 1. The average molecular weight is 336 g/mol. The number of halogens is 1. The Morgan fingerprint density at radius 2 is 2.06 bits per heavy atom. The summed E-state index contributed by atoms with van der Waals surface area (Å²) in [6.45, 7) is 2.91. The molecule has 0 amide bonds. The zero-order chi connectivity index (χ0) is 13.8. The number of rotatable bonds is 6. The minimum atomic E-state index is -3.44. The van der Waals surface area contributed by atoms with Gasteiger partial charge in [-0.3, -0.25) is 0 Å². The summed E-state index contributed by atoms with van der Waals surface area (Å²) in [6.07, 6.45) is 0.676. The Labute approximate surface area is 117 Å². The van der Waals surface area contributed by atoms with E-state index in [1.54, 1.807) is 32.4 Å². The molecular weight excluding hydrogens is 318 g/mol. The van der Waals surface area contributed by atoms with Gasteiger partial charge in [-0.2, -0.15) is 0 Å². The Hall–Kier alpha value is -0.430. The summed E-state index contributed by atoms with van der Waals surface area (Å²) in [6, 6.07) is 5.22. The van der Waals surface area contributed by atoms with Gasteiger partial charge in [0.25, 0.3) is 0 Å². The monoisotopic (exact) mass is 335 g/mol. The van der Waals surface area contributed by atoms with E-state index in [-0.39, 0.29) is 0 Å². The highest BCUT2D eigenvalue weighted by molar-refractivity contribution is 9.10. The molecule has 0 saturated heterocycles. The van der Waals surface area contributed by atoms with Crippen molar-refractivity contribution in [2.24, 2.45) is 0 Å². The molecule has 0 atom stereocenters. The van der Waals surface area contributed by atoms with Gasteiger partial charge in [0, 0.05) is 31.8 Å². The van der Waals surface area contributed by atoms with Crippen LogP contribution in [-0.4, -0.2) is 40.0 Å². The maximum atomic E-state index is 12.3. The van der Waals surface area contributed by atoms with E-state index in [2.05, 4.69) is 15.9 Å². The summed E-state index contributed by atoms with van der Waals surface area (Å²) in [5, 5.41) is 0. The van der Waals surface area contributed by atoms with Crippen LogP contribution in [0.25, 0.3) is 0 Å². The lowest BCUT2D eigenvalue weighted by molar-refractivity contribution is 0.189. The zero-order valence-corrected chi connectivity index (χ0v) is 13.2. The molecule has 0 N–H and O–H groups in total. The third kappa shape index (κ3) is 3.78. The summed E-state index contributed by atoms with van der Waals surface area (Å²) < 4.78 is 31.5. The quantitative estimate of drug-likeness (QED) is 0.750. The predicted molar refractivity (Wildman–Crippen MR) is 75.2 cm³/mol. The van der Waals surface area contributed by atoms with Crippen molar-refractivity contribution in [3.05, 3.63) is 28.2 Å². The van der Waals surface area contributed by atoms with E-state index in [4.69, 9.17) is 4.74 Å². The van der Waals surface area contributed by atoms with Crippen LogP contribution in [0.4, 0.5) is 0 Å². The third-order valence-electron chi connectivity index (χ3n) is 2.60. The smallest absolute Gasteiger partial charge is 0.243 e. The normalized spacial score (nSPS) is 12.1. The van der Waals surface area contributed by atoms with E-state index in [0.29, 0.717) is 28.9 Å². The highest BCUT2D eigenvalue weighted by Gasteiger charge is 2.22. The third-order valence-corrected chi connectivity index (χ3v) is 5.43. The van der Waals surface area contributed by atoms with Gasteiger partial charge >= 0.3 is 0 Å². The van der Waals surface area contributed by atoms with Crippen LogP contribution in [0, 0.1) is 6.92 Å². The molecule has 0 saturated carbocycles. The lowest BCUT2D eigenvalue weighted by Gasteiger charge is -2.18. The van der Waals surface area contributed by atoms with Gasteiger partial charge < -0.3 is 4.74 Å². The Morgan fingerprint density at radius 1 is 1.39 bits per heavy atom. The second kappa shape index (κ2) is 6.65. The molecule has 0 aliphatic heterocycles. The second-order valence-electron chi connectivity index (χ2n) is 4.11. The van der Waals surface area contributed by atoms with Crippen molar-refractivity contribution in [3.8, 4) is 0 Å². The summed E-state index contributed by atoms with van der Waals surface area (Å²) in [5.41, 5.74) is 1.02. The van der Waals surface area contributed by atoms with Crippen molar-refractivity contribution >= 4 is 26.0 Å². The van der Waals surface area contributed by atoms with Gasteiger partial charge in [-0.05, 0) is 47.0 Å². The van der Waals surface area contributed by atoms with Crippen molar-refractivity contribution in [1.29, 1.82) is 0 Å². The molecule has 0 unspecified atom stereocenters. The fraction of sp³-hybridized carbons (Fsp3) is 0.500. The SMILES string of the molecule is COCCCN(C)S(=O)(=O)c1ccc(C)cc1Br. The maximum absolute atomic E-state index is 12.3. The van der Waals surface area contributed by atoms with Gasteiger partial charge in [0.15, 0.2) is 0 Å². The maximum Gasteiger partial charge on any atom is 0.243 e. The number of hydrogen-bond donors (Lipinski definition) is 0. The lowest BCUT2D eigenvalue weighted by atomic mass is 10.2. The van der Waals surface area contributed by atoms with Crippen molar-refractivity contribution in [1.82, 2.24) is 4.31 Å². The van der Waals surface area contributed by atoms with Crippen LogP contribution in [0.15, 0.2) is 27.6 Å². The first-order chi connectivity index (χ1) is 8.39. The van der Waals surface area contributed by atoms with Crippen LogP contribution in [-0.2, 0) is 14.8 Å². The Morgan fingerprint density at radius 3 is 2.61 bits per heavy atom. The molecule has 0 bridgehead atoms. The van der Waals surface area contributed by atoms with E-state index in [1.807, 2.05) is 6.92 Å². The van der Waals surface area contributed by atoms with Crippen LogP contribution in [0.2, 0.25) is 0 Å². The van der Waals surface area contributed by atoms with Gasteiger partial charge in [-0.1, -0.05) is 6.07 Å². The number of ether oxygens (including phenoxy) is 1. The van der Waals surface area contributed by atoms with Gasteiger partial charge in [0.05, 0.1) is 4.90 Å². The molecule has 6 heteroatoms. The highest BCUT2D eigenvalue weighted by atomic mass is 79.9. The topological polar surface area (TPSA) is 46.6 Å². The van der Waals surface area contributed by atoms with Crippen molar-refractivity contribution < 1.29 is 13.2 Å². The number of sulfonamides is 1.